The van der Waals surface area contributed by atoms with E-state index >= 15 is 0 Å². The third-order valence-corrected chi connectivity index (χ3v) is 9.75. The fourth-order valence-electron chi connectivity index (χ4n) is 4.03. The first-order valence-corrected chi connectivity index (χ1v) is 15.2. The summed E-state index contributed by atoms with van der Waals surface area (Å²) in [6.45, 7) is 5.86. The van der Waals surface area contributed by atoms with Crippen LogP contribution in [0.3, 0.4) is 0 Å². The van der Waals surface area contributed by atoms with Crippen molar-refractivity contribution in [3.8, 4) is 11.3 Å². The fourth-order valence-corrected chi connectivity index (χ4v) is 6.86. The number of benzene rings is 1. The van der Waals surface area contributed by atoms with Crippen LogP contribution < -0.4 is 4.72 Å². The number of aromatic amines is 1. The van der Waals surface area contributed by atoms with Gasteiger partial charge in [0.15, 0.2) is 0 Å². The number of thiol groups is 1. The molecule has 39 heavy (non-hydrogen) atoms. The second-order valence-corrected chi connectivity index (χ2v) is 14.4. The smallest absolute Gasteiger partial charge is 0.419 e. The van der Waals surface area contributed by atoms with Crippen LogP contribution in [-0.2, 0) is 20.9 Å². The molecule has 1 aromatic carbocycles. The Morgan fingerprint density at radius 1 is 1.23 bits per heavy atom. The molecule has 1 unspecified atom stereocenters. The fraction of sp³-hybridized carbons (Fsp3) is 0.458. The Hall–Kier alpha value is -3.04. The molecule has 2 aromatic heterocycles. The highest BCUT2D eigenvalue weighted by Gasteiger charge is 2.36. The van der Waals surface area contributed by atoms with Crippen molar-refractivity contribution in [1.82, 2.24) is 24.2 Å². The number of halogens is 3. The van der Waals surface area contributed by atoms with Gasteiger partial charge in [-0.15, -0.1) is 0 Å². The maximum absolute atomic E-state index is 14.0. The van der Waals surface area contributed by atoms with E-state index in [1.54, 1.807) is 25.7 Å². The summed E-state index contributed by atoms with van der Waals surface area (Å²) in [5, 5.41) is 0.377. The molecule has 3 heterocycles. The minimum Gasteiger partial charge on any atom is -0.444 e. The van der Waals surface area contributed by atoms with Gasteiger partial charge in [-0.25, -0.2) is 27.5 Å². The Morgan fingerprint density at radius 2 is 1.95 bits per heavy atom. The Bertz CT molecular complexity index is 1490. The number of sulfonamides is 1. The zero-order valence-electron chi connectivity index (χ0n) is 22.1. The van der Waals surface area contributed by atoms with Crippen LogP contribution in [0.4, 0.5) is 23.9 Å². The van der Waals surface area contributed by atoms with Crippen LogP contribution in [0, 0.1) is 0 Å². The highest BCUT2D eigenvalue weighted by Crippen LogP contribution is 2.40. The normalized spacial score (nSPS) is 18.0. The van der Waals surface area contributed by atoms with Crippen LogP contribution in [0.25, 0.3) is 22.2 Å². The lowest BCUT2D eigenvalue weighted by atomic mass is 10.1. The number of hydrogen-bond acceptors (Lipinski definition) is 7. The number of hydrogen-bond donors (Lipinski definition) is 3. The molecule has 4 rings (SSSR count). The molecule has 10 nitrogen and oxygen atoms in total. The van der Waals surface area contributed by atoms with Gasteiger partial charge in [0.2, 0.25) is 16.0 Å². The lowest BCUT2D eigenvalue weighted by molar-refractivity contribution is -0.137. The third-order valence-electron chi connectivity index (χ3n) is 5.89. The van der Waals surface area contributed by atoms with E-state index in [0.29, 0.717) is 29.7 Å². The molecule has 1 atom stereocenters. The maximum atomic E-state index is 14.0. The van der Waals surface area contributed by atoms with Crippen LogP contribution in [0.1, 0.15) is 32.8 Å². The van der Waals surface area contributed by atoms with Crippen LogP contribution >= 0.6 is 11.1 Å². The average molecular weight is 589 g/mol. The molecule has 1 aliphatic heterocycles. The molecule has 3 aromatic rings. The molecule has 0 bridgehead atoms. The summed E-state index contributed by atoms with van der Waals surface area (Å²) in [7, 11) is -0.948. The molecule has 0 saturated carbocycles. The average Bonchev–Trinajstić information content (AvgIpc) is 3.25. The molecule has 0 radical (unpaired) electrons. The number of nitrogens with zero attached hydrogens (tertiary/aromatic N) is 4. The van der Waals surface area contributed by atoms with E-state index in [4.69, 9.17) is 4.74 Å². The van der Waals surface area contributed by atoms with E-state index < -0.39 is 44.5 Å². The van der Waals surface area contributed by atoms with Gasteiger partial charge in [-0.3, -0.25) is 4.90 Å². The number of alkyl halides is 3. The van der Waals surface area contributed by atoms with Gasteiger partial charge in [0.1, 0.15) is 11.2 Å². The summed E-state index contributed by atoms with van der Waals surface area (Å²) in [4.78, 5) is 25.1. The van der Waals surface area contributed by atoms with Gasteiger partial charge in [0.25, 0.3) is 0 Å². The van der Waals surface area contributed by atoms with E-state index in [-0.39, 0.29) is 22.1 Å². The van der Waals surface area contributed by atoms with Crippen molar-refractivity contribution < 1.29 is 31.1 Å². The van der Waals surface area contributed by atoms with E-state index in [0.717, 1.165) is 16.3 Å². The third kappa shape index (κ3) is 6.41. The van der Waals surface area contributed by atoms with Crippen LogP contribution in [0.2, 0.25) is 0 Å². The Labute approximate surface area is 227 Å². The highest BCUT2D eigenvalue weighted by atomic mass is 32.2. The number of amides is 1. The van der Waals surface area contributed by atoms with Gasteiger partial charge >= 0.3 is 12.3 Å². The van der Waals surface area contributed by atoms with Gasteiger partial charge in [-0.2, -0.15) is 24.3 Å². The highest BCUT2D eigenvalue weighted by molar-refractivity contribution is 8.18. The molecular formula is C24H31F3N6O4S2. The first kappa shape index (κ1) is 29.0. The Balaban J connectivity index is 1.66. The van der Waals surface area contributed by atoms with E-state index in [2.05, 4.69) is 19.7 Å². The molecule has 214 valence electrons. The van der Waals surface area contributed by atoms with Crippen molar-refractivity contribution in [2.45, 2.75) is 43.9 Å². The number of aromatic nitrogens is 3. The lowest BCUT2D eigenvalue weighted by Gasteiger charge is -2.36. The van der Waals surface area contributed by atoms with Gasteiger partial charge in [-0.05, 0) is 45.1 Å². The summed E-state index contributed by atoms with van der Waals surface area (Å²) in [6, 6.07) is 4.17. The molecule has 2 N–H and O–H groups in total. The number of fused-ring (bicyclic) bond motifs is 1. The summed E-state index contributed by atoms with van der Waals surface area (Å²) in [5.41, 5.74) is -1.51. The number of ether oxygens (including phenoxy) is 1. The van der Waals surface area contributed by atoms with Crippen LogP contribution in [0.5, 0.6) is 0 Å². The van der Waals surface area contributed by atoms with Crippen molar-refractivity contribution in [2.75, 3.05) is 37.0 Å². The number of carbonyl (C=O) groups is 1. The summed E-state index contributed by atoms with van der Waals surface area (Å²) >= 11 is -1.04. The minimum absolute atomic E-state index is 0.00382. The number of nitrogens with one attached hydrogen (secondary N) is 2. The maximum Gasteiger partial charge on any atom is 0.419 e. The number of anilines is 1. The Morgan fingerprint density at radius 3 is 2.59 bits per heavy atom. The first-order chi connectivity index (χ1) is 18.1. The lowest BCUT2D eigenvalue weighted by Crippen LogP contribution is -2.41. The molecule has 1 fully saturated rings. The second-order valence-electron chi connectivity index (χ2n) is 10.3. The van der Waals surface area contributed by atoms with Crippen molar-refractivity contribution in [3.05, 3.63) is 36.2 Å². The van der Waals surface area contributed by atoms with Crippen LogP contribution in [-0.4, -0.2) is 76.5 Å². The standard InChI is InChI=1S/C24H31F3N6O4S2/c1-23(2,3)37-22(34)33-9-6-10-38(14-33)31-21-29-13-18(24(25,26)27)20(30-21)17-12-28-19-11-15(7-8-16(17)19)39(35,36)32(4)5/h7-8,11-13,28,38H,6,9-10,14H2,1-5H3,(H,29,30,31). The first-order valence-electron chi connectivity index (χ1n) is 12.0. The summed E-state index contributed by atoms with van der Waals surface area (Å²) in [5.74, 6) is 1.08. The molecule has 1 amide bonds. The predicted octanol–water partition coefficient (Wildman–Crippen LogP) is 4.82. The van der Waals surface area contributed by atoms with Crippen molar-refractivity contribution >= 4 is 44.0 Å². The molecule has 0 spiro atoms. The van der Waals surface area contributed by atoms with Crippen molar-refractivity contribution in [3.63, 3.8) is 0 Å². The molecule has 1 aliphatic rings. The molecule has 15 heteroatoms. The zero-order valence-corrected chi connectivity index (χ0v) is 23.8. The SMILES string of the molecule is CN(C)S(=O)(=O)c1ccc2c(-c3nc(N[SH]4CCCN(C(=O)OC(C)(C)C)C4)ncc3C(F)(F)F)c[nH]c2c1. The predicted molar refractivity (Wildman–Crippen MR) is 145 cm³/mol. The molecular weight excluding hydrogens is 557 g/mol. The van der Waals surface area contributed by atoms with Gasteiger partial charge in [0.05, 0.1) is 16.5 Å². The van der Waals surface area contributed by atoms with Gasteiger partial charge in [-0.1, -0.05) is 6.07 Å². The van der Waals surface area contributed by atoms with Crippen LogP contribution in [0.15, 0.2) is 35.5 Å². The van der Waals surface area contributed by atoms with Gasteiger partial charge in [0, 0.05) is 49.5 Å². The topological polar surface area (TPSA) is 121 Å². The molecule has 1 saturated heterocycles. The summed E-state index contributed by atoms with van der Waals surface area (Å²) < 4.78 is 76.5. The quantitative estimate of drug-likeness (QED) is 0.366. The zero-order chi connectivity index (χ0) is 28.8. The second kappa shape index (κ2) is 10.5. The minimum atomic E-state index is -4.73. The number of carbonyl (C=O) groups excluding carboxylic acids is 1. The molecule has 0 aliphatic carbocycles. The number of H-pyrrole nitrogens is 1. The number of rotatable bonds is 5. The Kier molecular flexibility index (Phi) is 7.80. The monoisotopic (exact) mass is 588 g/mol. The van der Waals surface area contributed by atoms with Crippen molar-refractivity contribution in [1.29, 1.82) is 0 Å². The largest absolute Gasteiger partial charge is 0.444 e. The van der Waals surface area contributed by atoms with Crippen molar-refractivity contribution in [2.24, 2.45) is 0 Å². The van der Waals surface area contributed by atoms with E-state index in [1.807, 2.05) is 0 Å². The summed E-state index contributed by atoms with van der Waals surface area (Å²) in [6.07, 6.45) is -2.37. The van der Waals surface area contributed by atoms with E-state index in [9.17, 15) is 26.4 Å². The van der Waals surface area contributed by atoms with Gasteiger partial charge < -0.3 is 14.4 Å². The van der Waals surface area contributed by atoms with E-state index in [1.165, 1.54) is 38.5 Å².